The van der Waals surface area contributed by atoms with Crippen molar-refractivity contribution in [2.45, 2.75) is 31.6 Å². The molecule has 1 saturated carbocycles. The van der Waals surface area contributed by atoms with E-state index in [0.717, 1.165) is 32.2 Å². The van der Waals surface area contributed by atoms with Gasteiger partial charge in [0, 0.05) is 18.9 Å². The van der Waals surface area contributed by atoms with E-state index in [2.05, 4.69) is 23.4 Å². The van der Waals surface area contributed by atoms with E-state index in [9.17, 15) is 4.79 Å². The first-order chi connectivity index (χ1) is 8.83. The monoisotopic (exact) mass is 241 g/mol. The molecule has 2 heteroatoms. The molecule has 94 valence electrons. The van der Waals surface area contributed by atoms with Gasteiger partial charge in [0.15, 0.2) is 0 Å². The second-order valence-electron chi connectivity index (χ2n) is 4.81. The summed E-state index contributed by atoms with van der Waals surface area (Å²) >= 11 is 0. The number of hydrogen-bond acceptors (Lipinski definition) is 1. The van der Waals surface area contributed by atoms with Crippen LogP contribution in [0.4, 0.5) is 0 Å². The van der Waals surface area contributed by atoms with Gasteiger partial charge >= 0.3 is 0 Å². The van der Waals surface area contributed by atoms with Crippen molar-refractivity contribution >= 4 is 5.91 Å². The molecule has 2 unspecified atom stereocenters. The molecule has 1 amide bonds. The van der Waals surface area contributed by atoms with Crippen LogP contribution in [0.25, 0.3) is 0 Å². The fraction of sp³-hybridized carbons (Fsp3) is 0.438. The second-order valence-corrected chi connectivity index (χ2v) is 4.81. The van der Waals surface area contributed by atoms with E-state index < -0.39 is 0 Å². The lowest BCUT2D eigenvalue weighted by Gasteiger charge is -2.04. The standard InChI is InChI=1S/C16H19NO/c1-2-3-4-8-11-17-16(18)15-12-14(15)13-9-6-5-7-10-13/h1,5-7,9-10,14-15H,3-4,8,11-12H2,(H,17,18). The van der Waals surface area contributed by atoms with Gasteiger partial charge in [0.05, 0.1) is 0 Å². The molecule has 0 heterocycles. The number of benzene rings is 1. The maximum atomic E-state index is 11.9. The number of terminal acetylenes is 1. The Kier molecular flexibility index (Phi) is 4.41. The second kappa shape index (κ2) is 6.26. The van der Waals surface area contributed by atoms with Crippen LogP contribution in [0.3, 0.4) is 0 Å². The average molecular weight is 241 g/mol. The Labute approximate surface area is 109 Å². The summed E-state index contributed by atoms with van der Waals surface area (Å²) in [4.78, 5) is 11.9. The number of carbonyl (C=O) groups excluding carboxylic acids is 1. The minimum absolute atomic E-state index is 0.181. The topological polar surface area (TPSA) is 29.1 Å². The molecule has 2 rings (SSSR count). The van der Waals surface area contributed by atoms with Crippen molar-refractivity contribution in [1.29, 1.82) is 0 Å². The van der Waals surface area contributed by atoms with Crippen molar-refractivity contribution in [3.8, 4) is 12.3 Å². The van der Waals surface area contributed by atoms with Crippen LogP contribution in [0, 0.1) is 18.3 Å². The van der Waals surface area contributed by atoms with Crippen LogP contribution < -0.4 is 5.32 Å². The number of nitrogens with one attached hydrogen (secondary N) is 1. The predicted octanol–water partition coefficient (Wildman–Crippen LogP) is 2.71. The van der Waals surface area contributed by atoms with Gasteiger partial charge in [0.2, 0.25) is 5.91 Å². The number of unbranched alkanes of at least 4 members (excludes halogenated alkanes) is 2. The van der Waals surface area contributed by atoms with E-state index in [1.54, 1.807) is 0 Å². The van der Waals surface area contributed by atoms with Gasteiger partial charge in [0.25, 0.3) is 0 Å². The summed E-state index contributed by atoms with van der Waals surface area (Å²) in [6, 6.07) is 10.3. The first kappa shape index (κ1) is 12.7. The van der Waals surface area contributed by atoms with Gasteiger partial charge in [-0.3, -0.25) is 4.79 Å². The van der Waals surface area contributed by atoms with Crippen LogP contribution in [0.2, 0.25) is 0 Å². The highest BCUT2D eigenvalue weighted by Crippen LogP contribution is 2.47. The molecule has 0 radical (unpaired) electrons. The van der Waals surface area contributed by atoms with Crippen molar-refractivity contribution in [1.82, 2.24) is 5.32 Å². The molecule has 0 aliphatic heterocycles. The average Bonchev–Trinajstić information content (AvgIpc) is 3.20. The van der Waals surface area contributed by atoms with Gasteiger partial charge in [-0.2, -0.15) is 0 Å². The van der Waals surface area contributed by atoms with E-state index in [0.29, 0.717) is 5.92 Å². The Hall–Kier alpha value is -1.75. The molecule has 1 aromatic rings. The zero-order valence-corrected chi connectivity index (χ0v) is 10.6. The Morgan fingerprint density at radius 1 is 1.33 bits per heavy atom. The lowest BCUT2D eigenvalue weighted by molar-refractivity contribution is -0.122. The molecule has 1 fully saturated rings. The summed E-state index contributed by atoms with van der Waals surface area (Å²) < 4.78 is 0. The van der Waals surface area contributed by atoms with Crippen LogP contribution in [0.1, 0.15) is 37.2 Å². The van der Waals surface area contributed by atoms with E-state index in [4.69, 9.17) is 6.42 Å². The number of amides is 1. The third-order valence-corrected chi connectivity index (χ3v) is 3.40. The SMILES string of the molecule is C#CCCCCNC(=O)C1CC1c1ccccc1. The summed E-state index contributed by atoms with van der Waals surface area (Å²) in [7, 11) is 0. The number of hydrogen-bond donors (Lipinski definition) is 1. The molecule has 1 aliphatic rings. The molecule has 0 saturated heterocycles. The smallest absolute Gasteiger partial charge is 0.223 e. The molecular formula is C16H19NO. The van der Waals surface area contributed by atoms with Gasteiger partial charge in [-0.1, -0.05) is 30.3 Å². The highest BCUT2D eigenvalue weighted by atomic mass is 16.2. The minimum atomic E-state index is 0.181. The van der Waals surface area contributed by atoms with Crippen LogP contribution in [0.5, 0.6) is 0 Å². The zero-order chi connectivity index (χ0) is 12.8. The zero-order valence-electron chi connectivity index (χ0n) is 10.6. The van der Waals surface area contributed by atoms with E-state index in [1.807, 2.05) is 18.2 Å². The minimum Gasteiger partial charge on any atom is -0.356 e. The third-order valence-electron chi connectivity index (χ3n) is 3.40. The molecule has 0 bridgehead atoms. The summed E-state index contributed by atoms with van der Waals surface area (Å²) in [6.45, 7) is 0.749. The van der Waals surface area contributed by atoms with Gasteiger partial charge in [-0.25, -0.2) is 0 Å². The Morgan fingerprint density at radius 3 is 2.83 bits per heavy atom. The van der Waals surface area contributed by atoms with Gasteiger partial charge < -0.3 is 5.32 Å². The highest BCUT2D eigenvalue weighted by molar-refractivity contribution is 5.82. The number of carbonyl (C=O) groups is 1. The summed E-state index contributed by atoms with van der Waals surface area (Å²) in [5, 5.41) is 3.00. The van der Waals surface area contributed by atoms with Gasteiger partial charge in [0.1, 0.15) is 0 Å². The lowest BCUT2D eigenvalue weighted by Crippen LogP contribution is -2.26. The summed E-state index contributed by atoms with van der Waals surface area (Å²) in [6.07, 6.45) is 8.92. The van der Waals surface area contributed by atoms with Crippen molar-refractivity contribution in [2.75, 3.05) is 6.54 Å². The maximum absolute atomic E-state index is 11.9. The molecule has 0 spiro atoms. The Morgan fingerprint density at radius 2 is 2.11 bits per heavy atom. The van der Waals surface area contributed by atoms with E-state index in [-0.39, 0.29) is 11.8 Å². The highest BCUT2D eigenvalue weighted by Gasteiger charge is 2.43. The molecule has 1 aliphatic carbocycles. The molecule has 2 atom stereocenters. The van der Waals surface area contributed by atoms with Crippen LogP contribution in [-0.2, 0) is 4.79 Å². The molecule has 18 heavy (non-hydrogen) atoms. The van der Waals surface area contributed by atoms with Gasteiger partial charge in [-0.15, -0.1) is 12.3 Å². The Balaban J connectivity index is 1.69. The summed E-state index contributed by atoms with van der Waals surface area (Å²) in [5.74, 6) is 3.41. The Bertz CT molecular complexity index is 432. The first-order valence-electron chi connectivity index (χ1n) is 6.59. The van der Waals surface area contributed by atoms with Crippen molar-refractivity contribution in [2.24, 2.45) is 5.92 Å². The third kappa shape index (κ3) is 3.37. The lowest BCUT2D eigenvalue weighted by atomic mass is 10.1. The van der Waals surface area contributed by atoms with Crippen molar-refractivity contribution < 1.29 is 4.79 Å². The normalized spacial score (nSPS) is 21.1. The first-order valence-corrected chi connectivity index (χ1v) is 6.59. The predicted molar refractivity (Wildman–Crippen MR) is 73.0 cm³/mol. The van der Waals surface area contributed by atoms with Crippen molar-refractivity contribution in [3.05, 3.63) is 35.9 Å². The molecule has 1 N–H and O–H groups in total. The quantitative estimate of drug-likeness (QED) is 0.602. The van der Waals surface area contributed by atoms with Crippen LogP contribution >= 0.6 is 0 Å². The maximum Gasteiger partial charge on any atom is 0.223 e. The van der Waals surface area contributed by atoms with E-state index in [1.165, 1.54) is 5.56 Å². The molecule has 2 nitrogen and oxygen atoms in total. The van der Waals surface area contributed by atoms with Crippen LogP contribution in [0.15, 0.2) is 30.3 Å². The fourth-order valence-electron chi connectivity index (χ4n) is 2.25. The van der Waals surface area contributed by atoms with Crippen LogP contribution in [-0.4, -0.2) is 12.5 Å². The molecule has 1 aromatic carbocycles. The van der Waals surface area contributed by atoms with E-state index >= 15 is 0 Å². The summed E-state index contributed by atoms with van der Waals surface area (Å²) in [5.41, 5.74) is 1.28. The largest absolute Gasteiger partial charge is 0.356 e. The molecular weight excluding hydrogens is 222 g/mol. The van der Waals surface area contributed by atoms with Gasteiger partial charge in [-0.05, 0) is 30.7 Å². The molecule has 0 aromatic heterocycles. The van der Waals surface area contributed by atoms with Crippen molar-refractivity contribution in [3.63, 3.8) is 0 Å². The number of rotatable bonds is 6. The fourth-order valence-corrected chi connectivity index (χ4v) is 2.25.